The van der Waals surface area contributed by atoms with Crippen LogP contribution in [-0.2, 0) is 15.1 Å². The number of hydrogen-bond acceptors (Lipinski definition) is 2. The molecule has 0 N–H and O–H groups in total. The molecule has 2 nitrogen and oxygen atoms in total. The number of unbranched alkanes of at least 4 members (excludes halogenated alkanes) is 2. The molecule has 144 valence electrons. The summed E-state index contributed by atoms with van der Waals surface area (Å²) in [6, 6.07) is 14.5. The molecule has 0 radical (unpaired) electrons. The Hall–Kier alpha value is -1.93. The first kappa shape index (κ1) is 19.8. The van der Waals surface area contributed by atoms with Crippen LogP contribution < -0.4 is 0 Å². The molecule has 1 aliphatic carbocycles. The molecule has 3 rings (SSSR count). The predicted molar refractivity (Wildman–Crippen MR) is 112 cm³/mol. The Morgan fingerprint density at radius 3 is 2.48 bits per heavy atom. The zero-order valence-electron chi connectivity index (χ0n) is 17.2. The Morgan fingerprint density at radius 1 is 1.00 bits per heavy atom. The average Bonchev–Trinajstić information content (AvgIpc) is 2.94. The molecule has 0 fully saturated rings. The minimum Gasteiger partial charge on any atom is -0.358 e. The molecule has 0 spiro atoms. The first-order valence-corrected chi connectivity index (χ1v) is 10.4. The third kappa shape index (κ3) is 3.60. The first-order chi connectivity index (χ1) is 13.0. The third-order valence-electron chi connectivity index (χ3n) is 5.66. The number of ether oxygens (including phenoxy) is 1. The lowest BCUT2D eigenvalue weighted by atomic mass is 9.82. The zero-order chi connectivity index (χ0) is 19.4. The van der Waals surface area contributed by atoms with Crippen molar-refractivity contribution >= 4 is 5.78 Å². The monoisotopic (exact) mass is 364 g/mol. The van der Waals surface area contributed by atoms with Gasteiger partial charge in [-0.05, 0) is 42.9 Å². The van der Waals surface area contributed by atoms with Gasteiger partial charge in [-0.1, -0.05) is 75.6 Å². The Balaban J connectivity index is 1.95. The van der Waals surface area contributed by atoms with E-state index in [1.165, 1.54) is 12.8 Å². The summed E-state index contributed by atoms with van der Waals surface area (Å²) in [4.78, 5) is 13.6. The molecule has 2 aromatic carbocycles. The van der Waals surface area contributed by atoms with Crippen LogP contribution in [0.15, 0.2) is 42.5 Å². The van der Waals surface area contributed by atoms with Gasteiger partial charge < -0.3 is 4.74 Å². The topological polar surface area (TPSA) is 26.3 Å². The Kier molecular flexibility index (Phi) is 6.16. The molecular weight excluding hydrogens is 332 g/mol. The SMILES string of the molecule is CCOC1(C(=O)CCCCCC(C)C)c2ccccc2-c2cccc(C)c21. The zero-order valence-corrected chi connectivity index (χ0v) is 17.2. The summed E-state index contributed by atoms with van der Waals surface area (Å²) in [5, 5.41) is 0. The lowest BCUT2D eigenvalue weighted by Crippen LogP contribution is -2.39. The summed E-state index contributed by atoms with van der Waals surface area (Å²) < 4.78 is 6.33. The summed E-state index contributed by atoms with van der Waals surface area (Å²) in [5.74, 6) is 0.932. The first-order valence-electron chi connectivity index (χ1n) is 10.4. The molecule has 0 saturated heterocycles. The molecule has 1 unspecified atom stereocenters. The van der Waals surface area contributed by atoms with Crippen molar-refractivity contribution in [2.75, 3.05) is 6.61 Å². The number of carbonyl (C=O) groups is 1. The molecule has 0 amide bonds. The Morgan fingerprint density at radius 2 is 1.74 bits per heavy atom. The van der Waals surface area contributed by atoms with Crippen LogP contribution in [0.25, 0.3) is 11.1 Å². The minimum atomic E-state index is -0.940. The van der Waals surface area contributed by atoms with Crippen molar-refractivity contribution in [3.8, 4) is 11.1 Å². The third-order valence-corrected chi connectivity index (χ3v) is 5.66. The van der Waals surface area contributed by atoms with Crippen molar-refractivity contribution in [1.82, 2.24) is 0 Å². The van der Waals surface area contributed by atoms with Gasteiger partial charge in [-0.15, -0.1) is 0 Å². The summed E-state index contributed by atoms with van der Waals surface area (Å²) in [6.07, 6.45) is 5.03. The van der Waals surface area contributed by atoms with Crippen molar-refractivity contribution in [2.45, 2.75) is 65.4 Å². The molecule has 2 aromatic rings. The van der Waals surface area contributed by atoms with Gasteiger partial charge in [0.05, 0.1) is 0 Å². The van der Waals surface area contributed by atoms with Crippen molar-refractivity contribution in [3.63, 3.8) is 0 Å². The van der Waals surface area contributed by atoms with E-state index < -0.39 is 5.60 Å². The Bertz CT molecular complexity index is 806. The summed E-state index contributed by atoms with van der Waals surface area (Å²) in [5.41, 5.74) is 4.54. The fourth-order valence-electron chi connectivity index (χ4n) is 4.45. The molecule has 2 heteroatoms. The van der Waals surface area contributed by atoms with E-state index in [-0.39, 0.29) is 5.78 Å². The molecule has 1 aliphatic rings. The highest BCUT2D eigenvalue weighted by Gasteiger charge is 2.50. The van der Waals surface area contributed by atoms with Crippen LogP contribution in [0.2, 0.25) is 0 Å². The predicted octanol–water partition coefficient (Wildman–Crippen LogP) is 6.43. The van der Waals surface area contributed by atoms with E-state index in [2.05, 4.69) is 51.1 Å². The van der Waals surface area contributed by atoms with Crippen LogP contribution in [0.1, 0.15) is 69.6 Å². The molecule has 0 aliphatic heterocycles. The highest BCUT2D eigenvalue weighted by atomic mass is 16.5. The molecule has 0 heterocycles. The molecule has 27 heavy (non-hydrogen) atoms. The lowest BCUT2D eigenvalue weighted by molar-refractivity contribution is -0.140. The number of ketones is 1. The van der Waals surface area contributed by atoms with E-state index in [1.54, 1.807) is 0 Å². The smallest absolute Gasteiger partial charge is 0.177 e. The van der Waals surface area contributed by atoms with E-state index >= 15 is 0 Å². The van der Waals surface area contributed by atoms with Crippen molar-refractivity contribution in [2.24, 2.45) is 5.92 Å². The maximum atomic E-state index is 13.6. The van der Waals surface area contributed by atoms with E-state index in [9.17, 15) is 4.79 Å². The van der Waals surface area contributed by atoms with Gasteiger partial charge >= 0.3 is 0 Å². The van der Waals surface area contributed by atoms with Crippen LogP contribution >= 0.6 is 0 Å². The van der Waals surface area contributed by atoms with Crippen molar-refractivity contribution < 1.29 is 9.53 Å². The van der Waals surface area contributed by atoms with Gasteiger partial charge in [0.1, 0.15) is 0 Å². The fourth-order valence-corrected chi connectivity index (χ4v) is 4.45. The van der Waals surface area contributed by atoms with Crippen molar-refractivity contribution in [1.29, 1.82) is 0 Å². The number of fused-ring (bicyclic) bond motifs is 3. The van der Waals surface area contributed by atoms with Gasteiger partial charge in [-0.3, -0.25) is 4.79 Å². The van der Waals surface area contributed by atoms with Crippen LogP contribution in [0.3, 0.4) is 0 Å². The van der Waals surface area contributed by atoms with Crippen LogP contribution in [0.5, 0.6) is 0 Å². The molecule has 0 bridgehead atoms. The largest absolute Gasteiger partial charge is 0.358 e. The number of carbonyl (C=O) groups excluding carboxylic acids is 1. The maximum absolute atomic E-state index is 13.6. The number of benzene rings is 2. The van der Waals surface area contributed by atoms with E-state index in [0.29, 0.717) is 13.0 Å². The lowest BCUT2D eigenvalue weighted by Gasteiger charge is -2.31. The van der Waals surface area contributed by atoms with Crippen LogP contribution in [0.4, 0.5) is 0 Å². The van der Waals surface area contributed by atoms with Gasteiger partial charge in [0.25, 0.3) is 0 Å². The van der Waals surface area contributed by atoms with Gasteiger partial charge in [0.2, 0.25) is 0 Å². The molecular formula is C25H32O2. The van der Waals surface area contributed by atoms with Gasteiger partial charge in [-0.2, -0.15) is 0 Å². The Labute approximate surface area is 164 Å². The minimum absolute atomic E-state index is 0.203. The van der Waals surface area contributed by atoms with Gasteiger partial charge in [-0.25, -0.2) is 0 Å². The number of aryl methyl sites for hydroxylation is 1. The maximum Gasteiger partial charge on any atom is 0.177 e. The van der Waals surface area contributed by atoms with Gasteiger partial charge in [0, 0.05) is 24.2 Å². The molecule has 0 saturated carbocycles. The number of hydrogen-bond donors (Lipinski definition) is 0. The van der Waals surface area contributed by atoms with E-state index in [4.69, 9.17) is 4.74 Å². The molecule has 1 atom stereocenters. The average molecular weight is 365 g/mol. The second kappa shape index (κ2) is 8.39. The summed E-state index contributed by atoms with van der Waals surface area (Å²) >= 11 is 0. The quantitative estimate of drug-likeness (QED) is 0.479. The summed E-state index contributed by atoms with van der Waals surface area (Å²) in [6.45, 7) is 9.10. The van der Waals surface area contributed by atoms with Crippen LogP contribution in [0, 0.1) is 12.8 Å². The second-order valence-electron chi connectivity index (χ2n) is 8.07. The fraction of sp³-hybridized carbons (Fsp3) is 0.480. The number of Topliss-reactive ketones (excluding diaryl/α,β-unsaturated/α-hetero) is 1. The second-order valence-corrected chi connectivity index (χ2v) is 8.07. The standard InChI is InChI=1S/C25H32O2/c1-5-27-25(23(26)17-8-6-7-12-18(2)3)22-16-10-9-14-20(22)21-15-11-13-19(4)24(21)25/h9-11,13-16,18H,5-8,12,17H2,1-4H3. The van der Waals surface area contributed by atoms with Gasteiger partial charge in [0.15, 0.2) is 11.4 Å². The van der Waals surface area contributed by atoms with E-state index in [0.717, 1.165) is 46.6 Å². The number of rotatable bonds is 9. The van der Waals surface area contributed by atoms with Crippen LogP contribution in [-0.4, -0.2) is 12.4 Å². The summed E-state index contributed by atoms with van der Waals surface area (Å²) in [7, 11) is 0. The normalized spacial score (nSPS) is 17.8. The van der Waals surface area contributed by atoms with Crippen molar-refractivity contribution in [3.05, 3.63) is 59.2 Å². The highest BCUT2D eigenvalue weighted by molar-refractivity contribution is 6.00. The highest BCUT2D eigenvalue weighted by Crippen LogP contribution is 2.52. The van der Waals surface area contributed by atoms with E-state index in [1.807, 2.05) is 19.1 Å². The molecule has 0 aromatic heterocycles.